The van der Waals surface area contributed by atoms with E-state index in [2.05, 4.69) is 22.9 Å². The lowest BCUT2D eigenvalue weighted by Crippen LogP contribution is -2.28. The normalized spacial score (nSPS) is 20.0. The van der Waals surface area contributed by atoms with Gasteiger partial charge in [-0.1, -0.05) is 13.0 Å². The summed E-state index contributed by atoms with van der Waals surface area (Å²) in [6.07, 6.45) is 4.33. The minimum absolute atomic E-state index is 0.167. The molecule has 0 amide bonds. The Bertz CT molecular complexity index is 587. The van der Waals surface area contributed by atoms with Crippen molar-refractivity contribution in [3.05, 3.63) is 23.4 Å². The molecule has 2 rings (SSSR count). The number of nitrogens with zero attached hydrogens (tertiary/aromatic N) is 2. The third kappa shape index (κ3) is 4.41. The number of nitrogens with two attached hydrogens (primary N) is 1. The van der Waals surface area contributed by atoms with Crippen molar-refractivity contribution in [3.8, 4) is 0 Å². The van der Waals surface area contributed by atoms with Gasteiger partial charge in [-0.05, 0) is 37.3 Å². The standard InChI is InChI=1S/C15H25N3O2S/c1-3-14(16)10-13-9-12(2)15(17-11-13)18-5-4-7-21(19,20)8-6-18/h9,11,14H,3-8,10,16H2,1-2H3. The molecular weight excluding hydrogens is 286 g/mol. The molecule has 1 atom stereocenters. The van der Waals surface area contributed by atoms with Crippen molar-refractivity contribution in [1.82, 2.24) is 4.98 Å². The lowest BCUT2D eigenvalue weighted by molar-refractivity contribution is 0.597. The molecule has 21 heavy (non-hydrogen) atoms. The van der Waals surface area contributed by atoms with Gasteiger partial charge in [0.15, 0.2) is 9.84 Å². The number of hydrogen-bond acceptors (Lipinski definition) is 5. The van der Waals surface area contributed by atoms with Crippen LogP contribution in [-0.4, -0.2) is 44.0 Å². The SMILES string of the molecule is CCC(N)Cc1cnc(N2CCCS(=O)(=O)CC2)c(C)c1. The molecule has 1 aliphatic rings. The Balaban J connectivity index is 2.13. The average molecular weight is 311 g/mol. The van der Waals surface area contributed by atoms with Crippen LogP contribution in [-0.2, 0) is 16.3 Å². The average Bonchev–Trinajstić information content (AvgIpc) is 2.60. The maximum absolute atomic E-state index is 11.7. The van der Waals surface area contributed by atoms with Crippen LogP contribution in [0.25, 0.3) is 0 Å². The number of rotatable bonds is 4. The number of aromatic nitrogens is 1. The summed E-state index contributed by atoms with van der Waals surface area (Å²) in [6.45, 7) is 5.39. The summed E-state index contributed by atoms with van der Waals surface area (Å²) in [4.78, 5) is 6.64. The van der Waals surface area contributed by atoms with Crippen molar-refractivity contribution in [2.75, 3.05) is 29.5 Å². The molecule has 6 heteroatoms. The quantitative estimate of drug-likeness (QED) is 0.907. The first-order chi connectivity index (χ1) is 9.91. The molecule has 0 spiro atoms. The number of pyridine rings is 1. The van der Waals surface area contributed by atoms with Gasteiger partial charge in [0, 0.05) is 25.3 Å². The molecule has 1 aromatic heterocycles. The molecule has 1 unspecified atom stereocenters. The van der Waals surface area contributed by atoms with Crippen molar-refractivity contribution in [1.29, 1.82) is 0 Å². The van der Waals surface area contributed by atoms with Gasteiger partial charge >= 0.3 is 0 Å². The number of anilines is 1. The van der Waals surface area contributed by atoms with E-state index in [1.807, 2.05) is 13.1 Å². The lowest BCUT2D eigenvalue weighted by atomic mass is 10.0. The van der Waals surface area contributed by atoms with Gasteiger partial charge in [-0.25, -0.2) is 13.4 Å². The van der Waals surface area contributed by atoms with Gasteiger partial charge in [-0.15, -0.1) is 0 Å². The molecule has 118 valence electrons. The topological polar surface area (TPSA) is 76.3 Å². The molecule has 0 aromatic carbocycles. The minimum Gasteiger partial charge on any atom is -0.355 e. The fourth-order valence-corrected chi connectivity index (χ4v) is 3.94. The summed E-state index contributed by atoms with van der Waals surface area (Å²) in [5.74, 6) is 1.41. The molecule has 1 saturated heterocycles. The smallest absolute Gasteiger partial charge is 0.152 e. The predicted octanol–water partition coefficient (Wildman–Crippen LogP) is 1.29. The molecule has 0 aliphatic carbocycles. The van der Waals surface area contributed by atoms with Gasteiger partial charge in [0.1, 0.15) is 5.82 Å². The third-order valence-corrected chi connectivity index (χ3v) is 5.70. The number of aryl methyl sites for hydroxylation is 1. The van der Waals surface area contributed by atoms with Gasteiger partial charge in [-0.2, -0.15) is 0 Å². The van der Waals surface area contributed by atoms with Crippen LogP contribution >= 0.6 is 0 Å². The van der Waals surface area contributed by atoms with Crippen LogP contribution < -0.4 is 10.6 Å². The Morgan fingerprint density at radius 1 is 1.38 bits per heavy atom. The second-order valence-electron chi connectivity index (χ2n) is 5.85. The van der Waals surface area contributed by atoms with E-state index < -0.39 is 9.84 Å². The molecule has 0 saturated carbocycles. The fourth-order valence-electron chi connectivity index (χ4n) is 2.67. The maximum atomic E-state index is 11.7. The molecule has 5 nitrogen and oxygen atoms in total. The first-order valence-electron chi connectivity index (χ1n) is 7.58. The zero-order valence-corrected chi connectivity index (χ0v) is 13.7. The van der Waals surface area contributed by atoms with E-state index in [9.17, 15) is 8.42 Å². The molecule has 1 fully saturated rings. The molecule has 2 heterocycles. The van der Waals surface area contributed by atoms with Crippen molar-refractivity contribution >= 4 is 15.7 Å². The van der Waals surface area contributed by atoms with Crippen molar-refractivity contribution in [2.45, 2.75) is 39.2 Å². The second-order valence-corrected chi connectivity index (χ2v) is 8.15. The fraction of sp³-hybridized carbons (Fsp3) is 0.667. The Hall–Kier alpha value is -1.14. The van der Waals surface area contributed by atoms with Crippen LogP contribution in [0.5, 0.6) is 0 Å². The summed E-state index contributed by atoms with van der Waals surface area (Å²) >= 11 is 0. The van der Waals surface area contributed by atoms with Gasteiger partial charge in [0.2, 0.25) is 0 Å². The Morgan fingerprint density at radius 3 is 2.81 bits per heavy atom. The van der Waals surface area contributed by atoms with E-state index in [1.165, 1.54) is 0 Å². The predicted molar refractivity (Wildman–Crippen MR) is 86.4 cm³/mol. The number of hydrogen-bond donors (Lipinski definition) is 1. The van der Waals surface area contributed by atoms with E-state index >= 15 is 0 Å². The summed E-state index contributed by atoms with van der Waals surface area (Å²) in [6, 6.07) is 2.29. The highest BCUT2D eigenvalue weighted by molar-refractivity contribution is 7.91. The monoisotopic (exact) mass is 311 g/mol. The zero-order valence-electron chi connectivity index (χ0n) is 12.9. The van der Waals surface area contributed by atoms with Crippen LogP contribution in [0.4, 0.5) is 5.82 Å². The first-order valence-corrected chi connectivity index (χ1v) is 9.40. The van der Waals surface area contributed by atoms with Crippen LogP contribution in [0.15, 0.2) is 12.3 Å². The molecule has 1 aromatic rings. The Morgan fingerprint density at radius 2 is 2.14 bits per heavy atom. The van der Waals surface area contributed by atoms with Crippen LogP contribution in [0.2, 0.25) is 0 Å². The van der Waals surface area contributed by atoms with Crippen LogP contribution in [0.3, 0.4) is 0 Å². The summed E-state index contributed by atoms with van der Waals surface area (Å²) in [7, 11) is -2.89. The zero-order chi connectivity index (χ0) is 15.5. The summed E-state index contributed by atoms with van der Waals surface area (Å²) < 4.78 is 23.4. The molecular formula is C15H25N3O2S. The van der Waals surface area contributed by atoms with Gasteiger partial charge in [0.05, 0.1) is 11.5 Å². The largest absolute Gasteiger partial charge is 0.355 e. The molecule has 0 bridgehead atoms. The third-order valence-electron chi connectivity index (χ3n) is 3.98. The Labute approximate surface area is 127 Å². The van der Waals surface area contributed by atoms with Crippen molar-refractivity contribution in [2.24, 2.45) is 5.73 Å². The van der Waals surface area contributed by atoms with Gasteiger partial charge in [0.25, 0.3) is 0 Å². The molecule has 2 N–H and O–H groups in total. The van der Waals surface area contributed by atoms with Gasteiger partial charge < -0.3 is 10.6 Å². The highest BCUT2D eigenvalue weighted by Crippen LogP contribution is 2.20. The van der Waals surface area contributed by atoms with E-state index in [1.54, 1.807) is 0 Å². The molecule has 0 radical (unpaired) electrons. The Kier molecular flexibility index (Phi) is 5.22. The van der Waals surface area contributed by atoms with Crippen LogP contribution in [0, 0.1) is 6.92 Å². The van der Waals surface area contributed by atoms with E-state index in [4.69, 9.17) is 5.73 Å². The second kappa shape index (κ2) is 6.75. The van der Waals surface area contributed by atoms with Crippen molar-refractivity contribution in [3.63, 3.8) is 0 Å². The van der Waals surface area contributed by atoms with Gasteiger partial charge in [-0.3, -0.25) is 0 Å². The lowest BCUT2D eigenvalue weighted by Gasteiger charge is -2.23. The van der Waals surface area contributed by atoms with E-state index in [-0.39, 0.29) is 17.5 Å². The molecule has 1 aliphatic heterocycles. The van der Waals surface area contributed by atoms with E-state index in [0.29, 0.717) is 13.0 Å². The summed E-state index contributed by atoms with van der Waals surface area (Å²) in [5, 5.41) is 0. The minimum atomic E-state index is -2.89. The first kappa shape index (κ1) is 16.2. The van der Waals surface area contributed by atoms with E-state index in [0.717, 1.165) is 36.3 Å². The van der Waals surface area contributed by atoms with Crippen LogP contribution in [0.1, 0.15) is 30.9 Å². The highest BCUT2D eigenvalue weighted by atomic mass is 32.2. The summed E-state index contributed by atoms with van der Waals surface area (Å²) in [5.41, 5.74) is 8.22. The number of sulfone groups is 1. The highest BCUT2D eigenvalue weighted by Gasteiger charge is 2.21. The van der Waals surface area contributed by atoms with Crippen molar-refractivity contribution < 1.29 is 8.42 Å². The maximum Gasteiger partial charge on any atom is 0.152 e.